The maximum atomic E-state index is 12.4. The molecule has 0 aliphatic heterocycles. The van der Waals surface area contributed by atoms with Crippen LogP contribution in [-0.4, -0.2) is 14.3 Å². The van der Waals surface area contributed by atoms with E-state index in [1.807, 2.05) is 0 Å². The number of rotatable bonds is 3. The van der Waals surface area contributed by atoms with Crippen LogP contribution in [0.15, 0.2) is 23.1 Å². The average molecular weight is 308 g/mol. The Labute approximate surface area is 125 Å². The lowest BCUT2D eigenvalue weighted by molar-refractivity contribution is -0.121. The summed E-state index contributed by atoms with van der Waals surface area (Å²) >= 11 is 0. The van der Waals surface area contributed by atoms with E-state index in [9.17, 15) is 13.2 Å². The maximum absolute atomic E-state index is 12.4. The van der Waals surface area contributed by atoms with Gasteiger partial charge in [-0.15, -0.1) is 0 Å². The molecular weight excluding hydrogens is 288 g/mol. The lowest BCUT2D eigenvalue weighted by atomic mass is 9.88. The summed E-state index contributed by atoms with van der Waals surface area (Å²) in [6.07, 6.45) is 4.51. The third-order valence-corrected chi connectivity index (χ3v) is 5.89. The lowest BCUT2D eigenvalue weighted by Crippen LogP contribution is -2.27. The molecule has 6 heteroatoms. The summed E-state index contributed by atoms with van der Waals surface area (Å²) in [5.41, 5.74) is 1.08. The molecule has 3 N–H and O–H groups in total. The number of primary sulfonamides is 1. The zero-order chi connectivity index (χ0) is 15.2. The molecule has 2 fully saturated rings. The molecule has 21 heavy (non-hydrogen) atoms. The summed E-state index contributed by atoms with van der Waals surface area (Å²) in [5.74, 6) is 1.27. The zero-order valence-electron chi connectivity index (χ0n) is 12.0. The molecule has 0 spiro atoms. The highest BCUT2D eigenvalue weighted by atomic mass is 32.2. The highest BCUT2D eigenvalue weighted by Crippen LogP contribution is 2.48. The number of benzene rings is 1. The van der Waals surface area contributed by atoms with Crippen molar-refractivity contribution < 1.29 is 13.2 Å². The molecule has 3 rings (SSSR count). The summed E-state index contributed by atoms with van der Waals surface area (Å²) in [7, 11) is -3.77. The van der Waals surface area contributed by atoms with Gasteiger partial charge in [-0.25, -0.2) is 13.6 Å². The standard InChI is InChI=1S/C15H20N2O3S/c1-9-2-5-12(8-14(9)21(16,19)20)17-15(18)13-7-10-3-4-11(13)6-10/h2,5,8,10-11,13H,3-4,6-7H2,1H3,(H,17,18)(H2,16,19,20). The second-order valence-electron chi connectivity index (χ2n) is 6.30. The van der Waals surface area contributed by atoms with Crippen LogP contribution in [0.25, 0.3) is 0 Å². The Balaban J connectivity index is 1.78. The maximum Gasteiger partial charge on any atom is 0.238 e. The van der Waals surface area contributed by atoms with Crippen LogP contribution in [0.1, 0.15) is 31.2 Å². The van der Waals surface area contributed by atoms with E-state index in [0.717, 1.165) is 19.3 Å². The first-order valence-corrected chi connectivity index (χ1v) is 8.83. The minimum Gasteiger partial charge on any atom is -0.326 e. The fourth-order valence-corrected chi connectivity index (χ4v) is 4.59. The molecule has 0 heterocycles. The van der Waals surface area contributed by atoms with Crippen LogP contribution < -0.4 is 10.5 Å². The second kappa shape index (κ2) is 5.10. The first-order valence-electron chi connectivity index (χ1n) is 7.29. The van der Waals surface area contributed by atoms with E-state index in [1.165, 1.54) is 12.5 Å². The van der Waals surface area contributed by atoms with Crippen molar-refractivity contribution in [2.45, 2.75) is 37.5 Å². The van der Waals surface area contributed by atoms with Gasteiger partial charge in [-0.2, -0.15) is 0 Å². The largest absolute Gasteiger partial charge is 0.326 e. The van der Waals surface area contributed by atoms with Crippen molar-refractivity contribution in [2.75, 3.05) is 5.32 Å². The van der Waals surface area contributed by atoms with Gasteiger partial charge in [0.2, 0.25) is 15.9 Å². The molecule has 1 amide bonds. The Hall–Kier alpha value is -1.40. The number of hydrogen-bond donors (Lipinski definition) is 2. The van der Waals surface area contributed by atoms with E-state index < -0.39 is 10.0 Å². The molecule has 2 aliphatic rings. The number of nitrogens with two attached hydrogens (primary N) is 1. The summed E-state index contributed by atoms with van der Waals surface area (Å²) in [5, 5.41) is 8.04. The molecule has 0 aromatic heterocycles. The molecular formula is C15H20N2O3S. The molecule has 1 aromatic carbocycles. The van der Waals surface area contributed by atoms with Gasteiger partial charge in [-0.3, -0.25) is 4.79 Å². The van der Waals surface area contributed by atoms with Crippen LogP contribution >= 0.6 is 0 Å². The molecule has 2 bridgehead atoms. The summed E-state index contributed by atoms with van der Waals surface area (Å²) in [6, 6.07) is 4.82. The van der Waals surface area contributed by atoms with Gasteiger partial charge in [0.25, 0.3) is 0 Å². The van der Waals surface area contributed by atoms with Crippen LogP contribution in [0.5, 0.6) is 0 Å². The molecule has 0 radical (unpaired) electrons. The van der Waals surface area contributed by atoms with Gasteiger partial charge in [-0.1, -0.05) is 12.5 Å². The van der Waals surface area contributed by atoms with Gasteiger partial charge in [-0.05, 0) is 55.7 Å². The quantitative estimate of drug-likeness (QED) is 0.895. The van der Waals surface area contributed by atoms with Crippen molar-refractivity contribution in [1.82, 2.24) is 0 Å². The van der Waals surface area contributed by atoms with Crippen molar-refractivity contribution in [2.24, 2.45) is 22.9 Å². The minimum atomic E-state index is -3.77. The van der Waals surface area contributed by atoms with Gasteiger partial charge in [0.1, 0.15) is 0 Å². The average Bonchev–Trinajstić information content (AvgIpc) is 3.02. The molecule has 114 valence electrons. The molecule has 0 saturated heterocycles. The molecule has 5 nitrogen and oxygen atoms in total. The number of fused-ring (bicyclic) bond motifs is 2. The van der Waals surface area contributed by atoms with E-state index in [2.05, 4.69) is 5.32 Å². The van der Waals surface area contributed by atoms with E-state index >= 15 is 0 Å². The number of anilines is 1. The normalized spacial score (nSPS) is 27.8. The number of sulfonamides is 1. The van der Waals surface area contributed by atoms with Crippen molar-refractivity contribution in [3.8, 4) is 0 Å². The van der Waals surface area contributed by atoms with E-state index in [1.54, 1.807) is 19.1 Å². The van der Waals surface area contributed by atoms with Crippen LogP contribution in [-0.2, 0) is 14.8 Å². The monoisotopic (exact) mass is 308 g/mol. The lowest BCUT2D eigenvalue weighted by Gasteiger charge is -2.21. The van der Waals surface area contributed by atoms with E-state index in [-0.39, 0.29) is 16.7 Å². The van der Waals surface area contributed by atoms with Crippen LogP contribution in [0.2, 0.25) is 0 Å². The van der Waals surface area contributed by atoms with Crippen LogP contribution in [0.4, 0.5) is 5.69 Å². The summed E-state index contributed by atoms with van der Waals surface area (Å²) < 4.78 is 23.0. The topological polar surface area (TPSA) is 89.3 Å². The summed E-state index contributed by atoms with van der Waals surface area (Å²) in [6.45, 7) is 1.68. The van der Waals surface area contributed by atoms with Crippen molar-refractivity contribution in [3.05, 3.63) is 23.8 Å². The number of hydrogen-bond acceptors (Lipinski definition) is 3. The predicted octanol–water partition coefficient (Wildman–Crippen LogP) is 2.02. The fourth-order valence-electron chi connectivity index (χ4n) is 3.79. The van der Waals surface area contributed by atoms with E-state index in [0.29, 0.717) is 23.1 Å². The fraction of sp³-hybridized carbons (Fsp3) is 0.533. The first kappa shape index (κ1) is 14.5. The predicted molar refractivity (Wildman–Crippen MR) is 80.1 cm³/mol. The van der Waals surface area contributed by atoms with Crippen molar-refractivity contribution in [1.29, 1.82) is 0 Å². The molecule has 2 saturated carbocycles. The zero-order valence-corrected chi connectivity index (χ0v) is 12.8. The van der Waals surface area contributed by atoms with Crippen LogP contribution in [0, 0.1) is 24.7 Å². The second-order valence-corrected chi connectivity index (χ2v) is 7.83. The van der Waals surface area contributed by atoms with Gasteiger partial charge in [0, 0.05) is 11.6 Å². The number of amides is 1. The Morgan fingerprint density at radius 1 is 1.29 bits per heavy atom. The number of carbonyl (C=O) groups excluding carboxylic acids is 1. The van der Waals surface area contributed by atoms with Crippen LogP contribution in [0.3, 0.4) is 0 Å². The van der Waals surface area contributed by atoms with Gasteiger partial charge < -0.3 is 5.32 Å². The van der Waals surface area contributed by atoms with Crippen molar-refractivity contribution >= 4 is 21.6 Å². The highest BCUT2D eigenvalue weighted by molar-refractivity contribution is 7.89. The first-order chi connectivity index (χ1) is 9.84. The number of aryl methyl sites for hydroxylation is 1. The SMILES string of the molecule is Cc1ccc(NC(=O)C2CC3CCC2C3)cc1S(N)(=O)=O. The van der Waals surface area contributed by atoms with E-state index in [4.69, 9.17) is 5.14 Å². The Bertz CT molecular complexity index is 684. The van der Waals surface area contributed by atoms with Gasteiger partial charge in [0.05, 0.1) is 4.90 Å². The van der Waals surface area contributed by atoms with Gasteiger partial charge in [0.15, 0.2) is 0 Å². The Kier molecular flexibility index (Phi) is 3.53. The smallest absolute Gasteiger partial charge is 0.238 e. The molecule has 1 aromatic rings. The Morgan fingerprint density at radius 2 is 2.05 bits per heavy atom. The number of carbonyl (C=O) groups is 1. The third-order valence-electron chi connectivity index (χ3n) is 4.84. The molecule has 3 unspecified atom stereocenters. The van der Waals surface area contributed by atoms with Gasteiger partial charge >= 0.3 is 0 Å². The third kappa shape index (κ3) is 2.82. The van der Waals surface area contributed by atoms with Crippen molar-refractivity contribution in [3.63, 3.8) is 0 Å². The number of nitrogens with one attached hydrogen (secondary N) is 1. The molecule has 2 aliphatic carbocycles. The molecule has 3 atom stereocenters. The minimum absolute atomic E-state index is 0.00595. The summed E-state index contributed by atoms with van der Waals surface area (Å²) in [4.78, 5) is 12.4. The Morgan fingerprint density at radius 3 is 2.62 bits per heavy atom. The highest BCUT2D eigenvalue weighted by Gasteiger charge is 2.43.